The van der Waals surface area contributed by atoms with Crippen LogP contribution in [0.1, 0.15) is 61.0 Å². The molecule has 0 spiro atoms. The number of carbonyl (C=O) groups excluding carboxylic acids is 1. The molecule has 1 atom stereocenters. The molecule has 0 heterocycles. The fourth-order valence-corrected chi connectivity index (χ4v) is 2.86. The molecule has 4 heteroatoms. The molecule has 0 saturated heterocycles. The largest absolute Gasteiger partial charge is 0.478 e. The Hall–Kier alpha value is -2.62. The van der Waals surface area contributed by atoms with E-state index in [1.54, 1.807) is 12.1 Å². The second kappa shape index (κ2) is 9.18. The molecule has 26 heavy (non-hydrogen) atoms. The summed E-state index contributed by atoms with van der Waals surface area (Å²) in [6.45, 7) is 6.48. The molecule has 4 nitrogen and oxygen atoms in total. The molecule has 0 amide bonds. The summed E-state index contributed by atoms with van der Waals surface area (Å²) in [6, 6.07) is 14.7. The predicted octanol–water partition coefficient (Wildman–Crippen LogP) is 5.07. The van der Waals surface area contributed by atoms with Gasteiger partial charge in [-0.2, -0.15) is 0 Å². The highest BCUT2D eigenvalue weighted by molar-refractivity contribution is 5.91. The Bertz CT molecular complexity index is 747. The minimum absolute atomic E-state index is 0.00496. The topological polar surface area (TPSA) is 63.6 Å². The van der Waals surface area contributed by atoms with Gasteiger partial charge in [0.1, 0.15) is 11.3 Å². The van der Waals surface area contributed by atoms with Crippen molar-refractivity contribution < 1.29 is 19.4 Å². The molecular formula is C22H26O4. The summed E-state index contributed by atoms with van der Waals surface area (Å²) < 4.78 is 5.24. The highest BCUT2D eigenvalue weighted by atomic mass is 16.5. The third-order valence-corrected chi connectivity index (χ3v) is 4.32. The number of hydrogen-bond donors (Lipinski definition) is 1. The van der Waals surface area contributed by atoms with Crippen LogP contribution in [0.15, 0.2) is 48.5 Å². The van der Waals surface area contributed by atoms with Crippen LogP contribution in [-0.4, -0.2) is 17.0 Å². The molecule has 0 saturated carbocycles. The fourth-order valence-electron chi connectivity index (χ4n) is 2.86. The van der Waals surface area contributed by atoms with Crippen LogP contribution in [-0.2, 0) is 11.2 Å². The van der Waals surface area contributed by atoms with Crippen LogP contribution < -0.4 is 4.74 Å². The lowest BCUT2D eigenvalue weighted by molar-refractivity contribution is -0.134. The molecule has 0 aliphatic heterocycles. The third kappa shape index (κ3) is 5.73. The number of hydrogen-bond acceptors (Lipinski definition) is 3. The van der Waals surface area contributed by atoms with Gasteiger partial charge in [0, 0.05) is 6.42 Å². The minimum Gasteiger partial charge on any atom is -0.478 e. The Labute approximate surface area is 154 Å². The zero-order chi connectivity index (χ0) is 19.1. The van der Waals surface area contributed by atoms with Gasteiger partial charge in [-0.25, -0.2) is 4.79 Å². The molecule has 1 N–H and O–H groups in total. The van der Waals surface area contributed by atoms with E-state index in [4.69, 9.17) is 9.84 Å². The van der Waals surface area contributed by atoms with Crippen LogP contribution in [0.25, 0.3) is 0 Å². The molecular weight excluding hydrogens is 328 g/mol. The van der Waals surface area contributed by atoms with Crippen molar-refractivity contribution in [3.05, 3.63) is 65.2 Å². The Balaban J connectivity index is 1.90. The summed E-state index contributed by atoms with van der Waals surface area (Å²) in [5.41, 5.74) is 2.51. The molecule has 2 rings (SSSR count). The van der Waals surface area contributed by atoms with Gasteiger partial charge in [-0.1, -0.05) is 57.2 Å². The van der Waals surface area contributed by atoms with Crippen molar-refractivity contribution in [1.82, 2.24) is 0 Å². The molecule has 1 unspecified atom stereocenters. The van der Waals surface area contributed by atoms with E-state index in [1.165, 1.54) is 23.3 Å². The van der Waals surface area contributed by atoms with Gasteiger partial charge in [-0.05, 0) is 47.9 Å². The maximum Gasteiger partial charge on any atom is 0.339 e. The Morgan fingerprint density at radius 1 is 1.00 bits per heavy atom. The van der Waals surface area contributed by atoms with Crippen LogP contribution in [0.2, 0.25) is 0 Å². The summed E-state index contributed by atoms with van der Waals surface area (Å²) >= 11 is 0. The molecule has 0 fully saturated rings. The van der Waals surface area contributed by atoms with E-state index in [9.17, 15) is 9.59 Å². The highest BCUT2D eigenvalue weighted by Gasteiger charge is 2.15. The van der Waals surface area contributed by atoms with E-state index < -0.39 is 11.9 Å². The SMILES string of the molecule is CC(C)Cc1ccc(C(C)CCC(=O)Oc2ccccc2C(=O)O)cc1. The van der Waals surface area contributed by atoms with E-state index in [-0.39, 0.29) is 23.7 Å². The zero-order valence-corrected chi connectivity index (χ0v) is 15.6. The lowest BCUT2D eigenvalue weighted by Gasteiger charge is -2.13. The van der Waals surface area contributed by atoms with Gasteiger partial charge in [0.2, 0.25) is 0 Å². The zero-order valence-electron chi connectivity index (χ0n) is 15.6. The van der Waals surface area contributed by atoms with Crippen molar-refractivity contribution in [2.75, 3.05) is 0 Å². The van der Waals surface area contributed by atoms with E-state index >= 15 is 0 Å². The first-order valence-electron chi connectivity index (χ1n) is 8.98. The highest BCUT2D eigenvalue weighted by Crippen LogP contribution is 2.23. The lowest BCUT2D eigenvalue weighted by Crippen LogP contribution is -2.12. The maximum atomic E-state index is 12.1. The number of carboxylic acids is 1. The van der Waals surface area contributed by atoms with Crippen LogP contribution in [0, 0.1) is 5.92 Å². The number of esters is 1. The average Bonchev–Trinajstić information content (AvgIpc) is 2.60. The first kappa shape index (κ1) is 19.7. The monoisotopic (exact) mass is 354 g/mol. The van der Waals surface area contributed by atoms with Crippen molar-refractivity contribution >= 4 is 11.9 Å². The van der Waals surface area contributed by atoms with Crippen molar-refractivity contribution in [1.29, 1.82) is 0 Å². The van der Waals surface area contributed by atoms with Gasteiger partial charge in [0.05, 0.1) is 0 Å². The number of carboxylic acid groups (broad SMARTS) is 1. The fraction of sp³-hybridized carbons (Fsp3) is 0.364. The molecule has 2 aromatic rings. The molecule has 0 bridgehead atoms. The molecule has 0 aliphatic rings. The molecule has 0 aromatic heterocycles. The quantitative estimate of drug-likeness (QED) is 0.531. The Morgan fingerprint density at radius 3 is 2.27 bits per heavy atom. The molecule has 2 aromatic carbocycles. The standard InChI is InChI=1S/C22H26O4/c1-15(2)14-17-9-11-18(12-10-17)16(3)8-13-21(23)26-20-7-5-4-6-19(20)22(24)25/h4-7,9-12,15-16H,8,13-14H2,1-3H3,(H,24,25). The summed E-state index contributed by atoms with van der Waals surface area (Å²) in [5.74, 6) is -0.576. The van der Waals surface area contributed by atoms with E-state index in [0.717, 1.165) is 6.42 Å². The van der Waals surface area contributed by atoms with Gasteiger partial charge < -0.3 is 9.84 Å². The van der Waals surface area contributed by atoms with Crippen molar-refractivity contribution in [2.24, 2.45) is 5.92 Å². The van der Waals surface area contributed by atoms with Crippen molar-refractivity contribution in [3.8, 4) is 5.75 Å². The summed E-state index contributed by atoms with van der Waals surface area (Å²) in [6.07, 6.45) is 1.95. The third-order valence-electron chi connectivity index (χ3n) is 4.32. The second-order valence-electron chi connectivity index (χ2n) is 7.05. The van der Waals surface area contributed by atoms with Gasteiger partial charge in [0.15, 0.2) is 0 Å². The van der Waals surface area contributed by atoms with Gasteiger partial charge in [0.25, 0.3) is 0 Å². The lowest BCUT2D eigenvalue weighted by atomic mass is 9.94. The van der Waals surface area contributed by atoms with Crippen LogP contribution in [0.3, 0.4) is 0 Å². The number of benzene rings is 2. The number of ether oxygens (including phenoxy) is 1. The maximum absolute atomic E-state index is 12.1. The summed E-state index contributed by atoms with van der Waals surface area (Å²) in [5, 5.41) is 9.13. The van der Waals surface area contributed by atoms with E-state index in [1.807, 2.05) is 0 Å². The molecule has 138 valence electrons. The number of para-hydroxylation sites is 1. The summed E-state index contributed by atoms with van der Waals surface area (Å²) in [4.78, 5) is 23.2. The first-order valence-corrected chi connectivity index (χ1v) is 8.98. The average molecular weight is 354 g/mol. The van der Waals surface area contributed by atoms with Crippen LogP contribution in [0.4, 0.5) is 0 Å². The normalized spacial score (nSPS) is 12.0. The Kier molecular flexibility index (Phi) is 6.96. The van der Waals surface area contributed by atoms with Gasteiger partial charge >= 0.3 is 11.9 Å². The summed E-state index contributed by atoms with van der Waals surface area (Å²) in [7, 11) is 0. The Morgan fingerprint density at radius 2 is 1.65 bits per heavy atom. The second-order valence-corrected chi connectivity index (χ2v) is 7.05. The van der Waals surface area contributed by atoms with Crippen molar-refractivity contribution in [2.45, 2.75) is 46.0 Å². The van der Waals surface area contributed by atoms with E-state index in [2.05, 4.69) is 45.0 Å². The first-order chi connectivity index (χ1) is 12.4. The predicted molar refractivity (Wildman–Crippen MR) is 102 cm³/mol. The molecule has 0 radical (unpaired) electrons. The number of aromatic carboxylic acids is 1. The van der Waals surface area contributed by atoms with Gasteiger partial charge in [-0.15, -0.1) is 0 Å². The van der Waals surface area contributed by atoms with Crippen LogP contribution in [0.5, 0.6) is 5.75 Å². The molecule has 0 aliphatic carbocycles. The van der Waals surface area contributed by atoms with Crippen LogP contribution >= 0.6 is 0 Å². The van der Waals surface area contributed by atoms with Gasteiger partial charge in [-0.3, -0.25) is 4.79 Å². The minimum atomic E-state index is -1.11. The smallest absolute Gasteiger partial charge is 0.339 e. The number of rotatable bonds is 8. The van der Waals surface area contributed by atoms with E-state index in [0.29, 0.717) is 12.3 Å². The van der Waals surface area contributed by atoms with Crippen molar-refractivity contribution in [3.63, 3.8) is 0 Å². The number of carbonyl (C=O) groups is 2.